The molecular weight excluding hydrogens is 354 g/mol. The Hall–Kier alpha value is -3.21. The summed E-state index contributed by atoms with van der Waals surface area (Å²) in [5.74, 6) is 1.73. The smallest absolute Gasteiger partial charge is 0.260 e. The van der Waals surface area contributed by atoms with Gasteiger partial charge in [-0.3, -0.25) is 4.79 Å². The minimum Gasteiger partial charge on any atom is -0.493 e. The standard InChI is InChI=1S/C23H25NO4/c1-5-8-17-11-12-20(22(13-17)26-4)27-15-23(25)24(3)16(2)21-14-18-9-6-7-10-19(18)28-21/h5-14,16H,15H2,1-4H3/b8-5+. The summed E-state index contributed by atoms with van der Waals surface area (Å²) in [6.07, 6.45) is 3.92. The van der Waals surface area contributed by atoms with Crippen molar-refractivity contribution in [3.63, 3.8) is 0 Å². The molecule has 1 heterocycles. The fraction of sp³-hybridized carbons (Fsp3) is 0.261. The number of para-hydroxylation sites is 1. The van der Waals surface area contributed by atoms with Crippen molar-refractivity contribution in [3.05, 3.63) is 65.9 Å². The van der Waals surface area contributed by atoms with Crippen molar-refractivity contribution in [2.24, 2.45) is 0 Å². The summed E-state index contributed by atoms with van der Waals surface area (Å²) in [7, 11) is 3.33. The zero-order chi connectivity index (χ0) is 20.1. The summed E-state index contributed by atoms with van der Waals surface area (Å²) in [5.41, 5.74) is 1.82. The maximum absolute atomic E-state index is 12.6. The second-order valence-corrected chi connectivity index (χ2v) is 6.57. The molecule has 3 rings (SSSR count). The topological polar surface area (TPSA) is 51.9 Å². The van der Waals surface area contributed by atoms with Crippen LogP contribution in [0.1, 0.15) is 31.2 Å². The van der Waals surface area contributed by atoms with Crippen LogP contribution < -0.4 is 9.47 Å². The van der Waals surface area contributed by atoms with Crippen LogP contribution in [0.3, 0.4) is 0 Å². The lowest BCUT2D eigenvalue weighted by Gasteiger charge is -2.23. The van der Waals surface area contributed by atoms with E-state index in [1.54, 1.807) is 19.1 Å². The molecule has 1 aromatic heterocycles. The average molecular weight is 379 g/mol. The van der Waals surface area contributed by atoms with Gasteiger partial charge in [0, 0.05) is 12.4 Å². The van der Waals surface area contributed by atoms with Crippen molar-refractivity contribution >= 4 is 23.0 Å². The Kier molecular flexibility index (Phi) is 6.04. The molecule has 0 aliphatic rings. The summed E-state index contributed by atoms with van der Waals surface area (Å²) < 4.78 is 17.0. The fourth-order valence-electron chi connectivity index (χ4n) is 2.96. The SMILES string of the molecule is C/C=C/c1ccc(OCC(=O)N(C)C(C)c2cc3ccccc3o2)c(OC)c1. The number of benzene rings is 2. The number of methoxy groups -OCH3 is 1. The Morgan fingerprint density at radius 3 is 2.68 bits per heavy atom. The molecule has 0 spiro atoms. The van der Waals surface area contributed by atoms with Crippen LogP contribution in [0.4, 0.5) is 0 Å². The Morgan fingerprint density at radius 2 is 1.96 bits per heavy atom. The lowest BCUT2D eigenvalue weighted by atomic mass is 10.2. The molecule has 2 aromatic carbocycles. The normalized spacial score (nSPS) is 12.3. The maximum Gasteiger partial charge on any atom is 0.260 e. The number of fused-ring (bicyclic) bond motifs is 1. The average Bonchev–Trinajstić information content (AvgIpc) is 3.15. The number of rotatable bonds is 7. The number of carbonyl (C=O) groups is 1. The third-order valence-electron chi connectivity index (χ3n) is 4.73. The second-order valence-electron chi connectivity index (χ2n) is 6.57. The van der Waals surface area contributed by atoms with E-state index in [2.05, 4.69) is 0 Å². The molecule has 1 amide bonds. The van der Waals surface area contributed by atoms with E-state index in [0.717, 1.165) is 22.3 Å². The number of carbonyl (C=O) groups excluding carboxylic acids is 1. The highest BCUT2D eigenvalue weighted by Crippen LogP contribution is 2.29. The lowest BCUT2D eigenvalue weighted by Crippen LogP contribution is -2.33. The van der Waals surface area contributed by atoms with Gasteiger partial charge in [0.05, 0.1) is 13.2 Å². The van der Waals surface area contributed by atoms with Crippen LogP contribution in [-0.4, -0.2) is 31.6 Å². The first-order valence-electron chi connectivity index (χ1n) is 9.21. The molecule has 5 heteroatoms. The molecule has 1 atom stereocenters. The molecule has 146 valence electrons. The van der Waals surface area contributed by atoms with Crippen LogP contribution in [0, 0.1) is 0 Å². The molecular formula is C23H25NO4. The zero-order valence-corrected chi connectivity index (χ0v) is 16.6. The monoisotopic (exact) mass is 379 g/mol. The molecule has 0 fully saturated rings. The maximum atomic E-state index is 12.6. The highest BCUT2D eigenvalue weighted by molar-refractivity contribution is 5.80. The van der Waals surface area contributed by atoms with E-state index in [1.807, 2.05) is 74.5 Å². The lowest BCUT2D eigenvalue weighted by molar-refractivity contribution is -0.134. The molecule has 28 heavy (non-hydrogen) atoms. The van der Waals surface area contributed by atoms with Crippen molar-refractivity contribution in [3.8, 4) is 11.5 Å². The molecule has 0 saturated carbocycles. The van der Waals surface area contributed by atoms with Crippen LogP contribution in [0.25, 0.3) is 17.0 Å². The number of ether oxygens (including phenoxy) is 2. The van der Waals surface area contributed by atoms with E-state index in [0.29, 0.717) is 11.5 Å². The molecule has 0 radical (unpaired) electrons. The van der Waals surface area contributed by atoms with Crippen LogP contribution in [0.15, 0.2) is 59.0 Å². The number of amides is 1. The number of allylic oxidation sites excluding steroid dienone is 1. The van der Waals surface area contributed by atoms with E-state index >= 15 is 0 Å². The second kappa shape index (κ2) is 8.65. The van der Waals surface area contributed by atoms with E-state index in [1.165, 1.54) is 0 Å². The van der Waals surface area contributed by atoms with Gasteiger partial charge in [-0.1, -0.05) is 36.4 Å². The number of furan rings is 1. The van der Waals surface area contributed by atoms with Gasteiger partial charge in [0.2, 0.25) is 0 Å². The van der Waals surface area contributed by atoms with Gasteiger partial charge in [0.1, 0.15) is 11.3 Å². The minimum absolute atomic E-state index is 0.0829. The van der Waals surface area contributed by atoms with E-state index in [-0.39, 0.29) is 18.6 Å². The summed E-state index contributed by atoms with van der Waals surface area (Å²) >= 11 is 0. The van der Waals surface area contributed by atoms with E-state index in [4.69, 9.17) is 13.9 Å². The third kappa shape index (κ3) is 4.19. The van der Waals surface area contributed by atoms with Crippen molar-refractivity contribution < 1.29 is 18.7 Å². The van der Waals surface area contributed by atoms with Gasteiger partial charge < -0.3 is 18.8 Å². The molecule has 5 nitrogen and oxygen atoms in total. The molecule has 0 N–H and O–H groups in total. The van der Waals surface area contributed by atoms with Gasteiger partial charge in [-0.05, 0) is 43.7 Å². The first kappa shape index (κ1) is 19.5. The first-order valence-corrected chi connectivity index (χ1v) is 9.21. The van der Waals surface area contributed by atoms with Gasteiger partial charge in [-0.25, -0.2) is 0 Å². The Bertz CT molecular complexity index is 956. The largest absolute Gasteiger partial charge is 0.493 e. The molecule has 0 saturated heterocycles. The van der Waals surface area contributed by atoms with Crippen LogP contribution in [0.2, 0.25) is 0 Å². The Morgan fingerprint density at radius 1 is 1.18 bits per heavy atom. The van der Waals surface area contributed by atoms with Crippen molar-refractivity contribution in [1.29, 1.82) is 0 Å². The predicted octanol–water partition coefficient (Wildman–Crippen LogP) is 5.07. The van der Waals surface area contributed by atoms with Gasteiger partial charge >= 0.3 is 0 Å². The molecule has 0 aliphatic heterocycles. The highest BCUT2D eigenvalue weighted by Gasteiger charge is 2.21. The minimum atomic E-state index is -0.206. The molecule has 3 aromatic rings. The Labute approximate surface area is 165 Å². The molecule has 1 unspecified atom stereocenters. The van der Waals surface area contributed by atoms with Crippen molar-refractivity contribution in [1.82, 2.24) is 4.90 Å². The predicted molar refractivity (Wildman–Crippen MR) is 111 cm³/mol. The van der Waals surface area contributed by atoms with Gasteiger partial charge in [-0.2, -0.15) is 0 Å². The number of hydrogen-bond acceptors (Lipinski definition) is 4. The quantitative estimate of drug-likeness (QED) is 0.575. The molecule has 0 aliphatic carbocycles. The van der Waals surface area contributed by atoms with Gasteiger partial charge in [-0.15, -0.1) is 0 Å². The highest BCUT2D eigenvalue weighted by atomic mass is 16.5. The number of hydrogen-bond donors (Lipinski definition) is 0. The van der Waals surface area contributed by atoms with Gasteiger partial charge in [0.25, 0.3) is 5.91 Å². The zero-order valence-electron chi connectivity index (χ0n) is 16.6. The van der Waals surface area contributed by atoms with Crippen molar-refractivity contribution in [2.75, 3.05) is 20.8 Å². The van der Waals surface area contributed by atoms with Crippen LogP contribution in [-0.2, 0) is 4.79 Å². The fourth-order valence-corrected chi connectivity index (χ4v) is 2.96. The third-order valence-corrected chi connectivity index (χ3v) is 4.73. The van der Waals surface area contributed by atoms with Gasteiger partial charge in [0.15, 0.2) is 18.1 Å². The van der Waals surface area contributed by atoms with Crippen LogP contribution >= 0.6 is 0 Å². The number of likely N-dealkylation sites (N-methyl/N-ethyl adjacent to an activating group) is 1. The van der Waals surface area contributed by atoms with E-state index in [9.17, 15) is 4.79 Å². The van der Waals surface area contributed by atoms with Crippen LogP contribution in [0.5, 0.6) is 11.5 Å². The first-order chi connectivity index (χ1) is 13.5. The summed E-state index contributed by atoms with van der Waals surface area (Å²) in [6.45, 7) is 3.80. The summed E-state index contributed by atoms with van der Waals surface area (Å²) in [5, 5.41) is 1.02. The number of nitrogens with zero attached hydrogens (tertiary/aromatic N) is 1. The Balaban J connectivity index is 1.67. The van der Waals surface area contributed by atoms with Crippen molar-refractivity contribution in [2.45, 2.75) is 19.9 Å². The summed E-state index contributed by atoms with van der Waals surface area (Å²) in [6, 6.07) is 15.2. The summed E-state index contributed by atoms with van der Waals surface area (Å²) in [4.78, 5) is 14.2. The van der Waals surface area contributed by atoms with E-state index < -0.39 is 0 Å². The molecule has 0 bridgehead atoms.